The van der Waals surface area contributed by atoms with Crippen molar-refractivity contribution in [3.8, 4) is 0 Å². The molecule has 1 fully saturated rings. The molecule has 0 saturated heterocycles. The maximum Gasteiger partial charge on any atom is 0.313 e. The van der Waals surface area contributed by atoms with E-state index in [-0.39, 0.29) is 11.9 Å². The Balaban J connectivity index is 2.39. The minimum atomic E-state index is -0.520. The fourth-order valence-corrected chi connectivity index (χ4v) is 3.10. The first kappa shape index (κ1) is 17.9. The van der Waals surface area contributed by atoms with Gasteiger partial charge in [-0.15, -0.1) is 0 Å². The van der Waals surface area contributed by atoms with E-state index < -0.39 is 5.97 Å². The molecule has 4 heteroatoms. The highest BCUT2D eigenvalue weighted by molar-refractivity contribution is 5.84. The quantitative estimate of drug-likeness (QED) is 0.451. The second-order valence-corrected chi connectivity index (χ2v) is 6.21. The summed E-state index contributed by atoms with van der Waals surface area (Å²) in [5, 5.41) is 0. The molecule has 0 aromatic rings. The van der Waals surface area contributed by atoms with E-state index in [1.807, 2.05) is 0 Å². The molecular weight excluding hydrogens is 268 g/mol. The Bertz CT molecular complexity index is 324. The van der Waals surface area contributed by atoms with Crippen molar-refractivity contribution >= 4 is 18.2 Å². The Kier molecular flexibility index (Phi) is 8.95. The molecule has 0 unspecified atom stereocenters. The van der Waals surface area contributed by atoms with Crippen molar-refractivity contribution in [2.24, 2.45) is 11.8 Å². The molecule has 0 amide bonds. The van der Waals surface area contributed by atoms with Gasteiger partial charge in [-0.3, -0.25) is 9.59 Å². The molecule has 0 aromatic heterocycles. The molecule has 0 atom stereocenters. The minimum Gasteiger partial charge on any atom is -0.393 e. The lowest BCUT2D eigenvalue weighted by atomic mass is 9.88. The Morgan fingerprint density at radius 1 is 0.952 bits per heavy atom. The third-order valence-corrected chi connectivity index (χ3v) is 4.28. The van der Waals surface area contributed by atoms with E-state index in [9.17, 15) is 14.4 Å². The predicted molar refractivity (Wildman–Crippen MR) is 80.6 cm³/mol. The van der Waals surface area contributed by atoms with Gasteiger partial charge in [-0.05, 0) is 31.6 Å². The maximum atomic E-state index is 11.6. The van der Waals surface area contributed by atoms with Gasteiger partial charge in [0, 0.05) is 19.3 Å². The SMILES string of the molecule is CC(=O)OC(=O)CC1CCCCCC(C=O)CCCCC1. The van der Waals surface area contributed by atoms with Gasteiger partial charge in [-0.1, -0.05) is 38.5 Å². The highest BCUT2D eigenvalue weighted by atomic mass is 16.6. The third kappa shape index (κ3) is 8.64. The van der Waals surface area contributed by atoms with E-state index in [0.29, 0.717) is 12.3 Å². The average molecular weight is 296 g/mol. The topological polar surface area (TPSA) is 60.4 Å². The zero-order chi connectivity index (χ0) is 15.5. The van der Waals surface area contributed by atoms with Gasteiger partial charge in [0.25, 0.3) is 0 Å². The van der Waals surface area contributed by atoms with Gasteiger partial charge < -0.3 is 9.53 Å². The van der Waals surface area contributed by atoms with Gasteiger partial charge in [0.05, 0.1) is 0 Å². The number of esters is 2. The lowest BCUT2D eigenvalue weighted by Gasteiger charge is -2.17. The largest absolute Gasteiger partial charge is 0.393 e. The number of aldehydes is 1. The molecule has 0 bridgehead atoms. The summed E-state index contributed by atoms with van der Waals surface area (Å²) in [6.45, 7) is 1.27. The number of hydrogen-bond acceptors (Lipinski definition) is 4. The summed E-state index contributed by atoms with van der Waals surface area (Å²) in [7, 11) is 0. The Hall–Kier alpha value is -1.19. The molecule has 0 radical (unpaired) electrons. The summed E-state index contributed by atoms with van der Waals surface area (Å²) >= 11 is 0. The zero-order valence-corrected chi connectivity index (χ0v) is 13.1. The number of carbonyl (C=O) groups excluding carboxylic acids is 3. The molecule has 120 valence electrons. The van der Waals surface area contributed by atoms with E-state index in [0.717, 1.165) is 70.5 Å². The molecule has 4 nitrogen and oxygen atoms in total. The molecule has 0 aromatic carbocycles. The van der Waals surface area contributed by atoms with Crippen molar-refractivity contribution in [3.63, 3.8) is 0 Å². The minimum absolute atomic E-state index is 0.241. The van der Waals surface area contributed by atoms with Crippen LogP contribution in [0.15, 0.2) is 0 Å². The average Bonchev–Trinajstić information content (AvgIpc) is 2.40. The lowest BCUT2D eigenvalue weighted by Crippen LogP contribution is -2.15. The smallest absolute Gasteiger partial charge is 0.313 e. The lowest BCUT2D eigenvalue weighted by molar-refractivity contribution is -0.158. The first-order valence-electron chi connectivity index (χ1n) is 8.28. The van der Waals surface area contributed by atoms with Crippen LogP contribution >= 0.6 is 0 Å². The van der Waals surface area contributed by atoms with Gasteiger partial charge in [0.2, 0.25) is 0 Å². The summed E-state index contributed by atoms with van der Waals surface area (Å²) in [5.74, 6) is -0.336. The monoisotopic (exact) mass is 296 g/mol. The van der Waals surface area contributed by atoms with Crippen molar-refractivity contribution in [1.29, 1.82) is 0 Å². The van der Waals surface area contributed by atoms with Crippen molar-refractivity contribution in [2.45, 2.75) is 77.6 Å². The molecule has 1 aliphatic rings. The summed E-state index contributed by atoms with van der Waals surface area (Å²) in [4.78, 5) is 33.3. The standard InChI is InChI=1S/C17H28O4/c1-14(19)21-17(20)12-15-8-4-2-6-10-16(13-18)11-7-3-5-9-15/h13,15-16H,2-12H2,1H3. The van der Waals surface area contributed by atoms with E-state index in [1.165, 1.54) is 6.92 Å². The summed E-state index contributed by atoms with van der Waals surface area (Å²) < 4.78 is 4.64. The van der Waals surface area contributed by atoms with Crippen LogP contribution in [0.4, 0.5) is 0 Å². The Morgan fingerprint density at radius 2 is 1.48 bits per heavy atom. The van der Waals surface area contributed by atoms with E-state index >= 15 is 0 Å². The fourth-order valence-electron chi connectivity index (χ4n) is 3.10. The van der Waals surface area contributed by atoms with E-state index in [1.54, 1.807) is 0 Å². The van der Waals surface area contributed by atoms with Crippen LogP contribution in [0, 0.1) is 11.8 Å². The van der Waals surface area contributed by atoms with Crippen LogP contribution in [0.5, 0.6) is 0 Å². The molecule has 0 heterocycles. The van der Waals surface area contributed by atoms with Gasteiger partial charge in [-0.2, -0.15) is 0 Å². The summed E-state index contributed by atoms with van der Waals surface area (Å²) in [6, 6.07) is 0. The molecule has 0 N–H and O–H groups in total. The number of carbonyl (C=O) groups is 3. The van der Waals surface area contributed by atoms with Crippen molar-refractivity contribution < 1.29 is 19.1 Å². The second-order valence-electron chi connectivity index (χ2n) is 6.21. The number of ether oxygens (including phenoxy) is 1. The first-order chi connectivity index (χ1) is 10.1. The highest BCUT2D eigenvalue weighted by Gasteiger charge is 2.17. The molecule has 1 saturated carbocycles. The zero-order valence-electron chi connectivity index (χ0n) is 13.1. The Morgan fingerprint density at radius 3 is 1.95 bits per heavy atom. The summed E-state index contributed by atoms with van der Waals surface area (Å²) in [5.41, 5.74) is 0. The number of rotatable bonds is 3. The maximum absolute atomic E-state index is 11.6. The van der Waals surface area contributed by atoms with Crippen LogP contribution in [0.1, 0.15) is 77.6 Å². The number of hydrogen-bond donors (Lipinski definition) is 0. The molecule has 0 spiro atoms. The molecular formula is C17H28O4. The van der Waals surface area contributed by atoms with Crippen LogP contribution in [0.25, 0.3) is 0 Å². The Labute approximate surface area is 127 Å². The van der Waals surface area contributed by atoms with E-state index in [4.69, 9.17) is 0 Å². The third-order valence-electron chi connectivity index (χ3n) is 4.28. The van der Waals surface area contributed by atoms with Crippen molar-refractivity contribution in [2.75, 3.05) is 0 Å². The predicted octanol–water partition coefficient (Wildman–Crippen LogP) is 3.81. The molecule has 21 heavy (non-hydrogen) atoms. The van der Waals surface area contributed by atoms with Gasteiger partial charge >= 0.3 is 11.9 Å². The summed E-state index contributed by atoms with van der Waals surface area (Å²) in [6.07, 6.45) is 12.1. The van der Waals surface area contributed by atoms with E-state index in [2.05, 4.69) is 4.74 Å². The van der Waals surface area contributed by atoms with Gasteiger partial charge in [-0.25, -0.2) is 0 Å². The highest BCUT2D eigenvalue weighted by Crippen LogP contribution is 2.25. The molecule has 1 rings (SSSR count). The van der Waals surface area contributed by atoms with Crippen LogP contribution < -0.4 is 0 Å². The molecule has 1 aliphatic carbocycles. The van der Waals surface area contributed by atoms with Crippen molar-refractivity contribution in [1.82, 2.24) is 0 Å². The van der Waals surface area contributed by atoms with Crippen LogP contribution in [-0.2, 0) is 19.1 Å². The van der Waals surface area contributed by atoms with Crippen LogP contribution in [0.3, 0.4) is 0 Å². The van der Waals surface area contributed by atoms with Crippen LogP contribution in [-0.4, -0.2) is 18.2 Å². The normalized spacial score (nSPS) is 25.2. The van der Waals surface area contributed by atoms with Gasteiger partial charge in [0.1, 0.15) is 6.29 Å². The first-order valence-corrected chi connectivity index (χ1v) is 8.28. The molecule has 0 aliphatic heterocycles. The van der Waals surface area contributed by atoms with Gasteiger partial charge in [0.15, 0.2) is 0 Å². The van der Waals surface area contributed by atoms with Crippen LogP contribution in [0.2, 0.25) is 0 Å². The van der Waals surface area contributed by atoms with Crippen molar-refractivity contribution in [3.05, 3.63) is 0 Å². The second kappa shape index (κ2) is 10.5. The fraction of sp³-hybridized carbons (Fsp3) is 0.824.